The summed E-state index contributed by atoms with van der Waals surface area (Å²) in [6.07, 6.45) is 5.30. The average Bonchev–Trinajstić information content (AvgIpc) is 1.88. The van der Waals surface area contributed by atoms with Crippen molar-refractivity contribution < 1.29 is 0 Å². The Hall–Kier alpha value is 0.480. The van der Waals surface area contributed by atoms with Crippen molar-refractivity contribution in [3.05, 3.63) is 0 Å². The van der Waals surface area contributed by atoms with Crippen LogP contribution in [0.1, 0.15) is 46.5 Å². The molecule has 0 aliphatic carbocycles. The second-order valence-electron chi connectivity index (χ2n) is 3.14. The minimum Gasteiger partial charge on any atom is -0.0891 e. The topological polar surface area (TPSA) is 0 Å². The van der Waals surface area contributed by atoms with Gasteiger partial charge in [0, 0.05) is 4.83 Å². The first-order chi connectivity index (χ1) is 4.70. The normalized spacial score (nSPS) is 16.8. The average molecular weight is 207 g/mol. The molecule has 1 heteroatoms. The van der Waals surface area contributed by atoms with Gasteiger partial charge in [-0.1, -0.05) is 49.5 Å². The predicted octanol–water partition coefficient (Wildman–Crippen LogP) is 3.99. The van der Waals surface area contributed by atoms with Gasteiger partial charge < -0.3 is 0 Å². The molecule has 2 atom stereocenters. The van der Waals surface area contributed by atoms with Gasteiger partial charge in [0.2, 0.25) is 0 Å². The lowest BCUT2D eigenvalue weighted by molar-refractivity contribution is 0.476. The highest BCUT2D eigenvalue weighted by Crippen LogP contribution is 2.19. The monoisotopic (exact) mass is 206 g/mol. The second-order valence-corrected chi connectivity index (χ2v) is 4.43. The van der Waals surface area contributed by atoms with E-state index < -0.39 is 0 Å². The fourth-order valence-electron chi connectivity index (χ4n) is 1.21. The summed E-state index contributed by atoms with van der Waals surface area (Å²) in [6.45, 7) is 6.83. The molecule has 0 aromatic rings. The van der Waals surface area contributed by atoms with Crippen LogP contribution in [0.25, 0.3) is 0 Å². The fourth-order valence-corrected chi connectivity index (χ4v) is 1.85. The van der Waals surface area contributed by atoms with E-state index in [1.165, 1.54) is 25.7 Å². The molecule has 0 rings (SSSR count). The molecule has 0 nitrogen and oxygen atoms in total. The van der Waals surface area contributed by atoms with E-state index in [1.807, 2.05) is 0 Å². The zero-order chi connectivity index (χ0) is 7.98. The van der Waals surface area contributed by atoms with Gasteiger partial charge in [0.05, 0.1) is 0 Å². The van der Waals surface area contributed by atoms with Crippen molar-refractivity contribution in [1.29, 1.82) is 0 Å². The highest BCUT2D eigenvalue weighted by atomic mass is 79.9. The standard InChI is InChI=1S/C9H19Br/c1-4-6-8(3)7-9(10)5-2/h8-9H,4-7H2,1-3H3. The van der Waals surface area contributed by atoms with Crippen LogP contribution in [0.3, 0.4) is 0 Å². The fraction of sp³-hybridized carbons (Fsp3) is 1.00. The maximum absolute atomic E-state index is 3.65. The molecular formula is C9H19Br. The highest BCUT2D eigenvalue weighted by molar-refractivity contribution is 9.09. The number of rotatable bonds is 5. The lowest BCUT2D eigenvalue weighted by Gasteiger charge is -2.12. The molecule has 10 heavy (non-hydrogen) atoms. The quantitative estimate of drug-likeness (QED) is 0.598. The molecule has 0 aromatic carbocycles. The van der Waals surface area contributed by atoms with Crippen molar-refractivity contribution >= 4 is 15.9 Å². The van der Waals surface area contributed by atoms with E-state index in [4.69, 9.17) is 0 Å². The molecule has 0 spiro atoms. The Morgan fingerprint density at radius 1 is 1.30 bits per heavy atom. The van der Waals surface area contributed by atoms with Gasteiger partial charge in [0.25, 0.3) is 0 Å². The Labute approximate surface area is 73.5 Å². The van der Waals surface area contributed by atoms with E-state index in [0.29, 0.717) is 0 Å². The Morgan fingerprint density at radius 3 is 2.30 bits per heavy atom. The molecule has 0 fully saturated rings. The van der Waals surface area contributed by atoms with Crippen LogP contribution in [0.2, 0.25) is 0 Å². The summed E-state index contributed by atoms with van der Waals surface area (Å²) in [6, 6.07) is 0. The minimum absolute atomic E-state index is 0.744. The molecule has 0 aromatic heterocycles. The third-order valence-electron chi connectivity index (χ3n) is 1.88. The second kappa shape index (κ2) is 6.21. The molecule has 2 unspecified atom stereocenters. The summed E-state index contributed by atoms with van der Waals surface area (Å²) in [5.41, 5.74) is 0. The summed E-state index contributed by atoms with van der Waals surface area (Å²) < 4.78 is 0. The first-order valence-electron chi connectivity index (χ1n) is 4.34. The third kappa shape index (κ3) is 5.28. The Balaban J connectivity index is 3.27. The maximum Gasteiger partial charge on any atom is 0.0145 e. The van der Waals surface area contributed by atoms with Gasteiger partial charge in [0.1, 0.15) is 0 Å². The third-order valence-corrected chi connectivity index (χ3v) is 2.90. The first kappa shape index (κ1) is 10.5. The van der Waals surface area contributed by atoms with E-state index >= 15 is 0 Å². The van der Waals surface area contributed by atoms with Crippen LogP contribution in [-0.4, -0.2) is 4.83 Å². The van der Waals surface area contributed by atoms with E-state index in [9.17, 15) is 0 Å². The lowest BCUT2D eigenvalue weighted by atomic mass is 10.00. The van der Waals surface area contributed by atoms with E-state index in [-0.39, 0.29) is 0 Å². The van der Waals surface area contributed by atoms with Crippen LogP contribution in [0.4, 0.5) is 0 Å². The minimum atomic E-state index is 0.744. The molecule has 0 radical (unpaired) electrons. The van der Waals surface area contributed by atoms with E-state index in [0.717, 1.165) is 10.7 Å². The molecular weight excluding hydrogens is 188 g/mol. The smallest absolute Gasteiger partial charge is 0.0145 e. The van der Waals surface area contributed by atoms with Crippen LogP contribution in [0, 0.1) is 5.92 Å². The maximum atomic E-state index is 3.65. The Bertz CT molecular complexity index is 71.1. The Kier molecular flexibility index (Phi) is 6.50. The van der Waals surface area contributed by atoms with Gasteiger partial charge in [-0.25, -0.2) is 0 Å². The van der Waals surface area contributed by atoms with Gasteiger partial charge in [0.15, 0.2) is 0 Å². The first-order valence-corrected chi connectivity index (χ1v) is 5.26. The summed E-state index contributed by atoms with van der Waals surface area (Å²) >= 11 is 3.65. The number of halogens is 1. The molecule has 0 aliphatic rings. The number of hydrogen-bond donors (Lipinski definition) is 0. The SMILES string of the molecule is CCCC(C)CC(Br)CC. The molecule has 0 saturated heterocycles. The summed E-state index contributed by atoms with van der Waals surface area (Å²) in [5.74, 6) is 0.898. The van der Waals surface area contributed by atoms with E-state index in [1.54, 1.807) is 0 Å². The van der Waals surface area contributed by atoms with Crippen LogP contribution in [-0.2, 0) is 0 Å². The predicted molar refractivity (Wildman–Crippen MR) is 51.7 cm³/mol. The van der Waals surface area contributed by atoms with Crippen LogP contribution < -0.4 is 0 Å². The molecule has 0 heterocycles. The zero-order valence-corrected chi connectivity index (χ0v) is 8.95. The largest absolute Gasteiger partial charge is 0.0891 e. The molecule has 0 saturated carbocycles. The molecule has 0 N–H and O–H groups in total. The summed E-state index contributed by atoms with van der Waals surface area (Å²) in [7, 11) is 0. The van der Waals surface area contributed by atoms with Crippen molar-refractivity contribution in [3.8, 4) is 0 Å². The lowest BCUT2D eigenvalue weighted by Crippen LogP contribution is -2.03. The van der Waals surface area contributed by atoms with Gasteiger partial charge >= 0.3 is 0 Å². The number of alkyl halides is 1. The Morgan fingerprint density at radius 2 is 1.90 bits per heavy atom. The molecule has 0 bridgehead atoms. The van der Waals surface area contributed by atoms with Crippen molar-refractivity contribution in [2.24, 2.45) is 5.92 Å². The van der Waals surface area contributed by atoms with Crippen LogP contribution >= 0.6 is 15.9 Å². The highest BCUT2D eigenvalue weighted by Gasteiger charge is 2.06. The van der Waals surface area contributed by atoms with Gasteiger partial charge in [-0.15, -0.1) is 0 Å². The van der Waals surface area contributed by atoms with Crippen molar-refractivity contribution in [1.82, 2.24) is 0 Å². The molecule has 0 aliphatic heterocycles. The summed E-state index contributed by atoms with van der Waals surface area (Å²) in [4.78, 5) is 0.744. The van der Waals surface area contributed by atoms with Crippen molar-refractivity contribution in [3.63, 3.8) is 0 Å². The molecule has 62 valence electrons. The van der Waals surface area contributed by atoms with Crippen molar-refractivity contribution in [2.45, 2.75) is 51.3 Å². The van der Waals surface area contributed by atoms with Gasteiger partial charge in [-0.05, 0) is 18.8 Å². The number of hydrogen-bond acceptors (Lipinski definition) is 0. The van der Waals surface area contributed by atoms with Crippen molar-refractivity contribution in [2.75, 3.05) is 0 Å². The van der Waals surface area contributed by atoms with E-state index in [2.05, 4.69) is 36.7 Å². The summed E-state index contributed by atoms with van der Waals surface area (Å²) in [5, 5.41) is 0. The van der Waals surface area contributed by atoms with Gasteiger partial charge in [-0.2, -0.15) is 0 Å². The van der Waals surface area contributed by atoms with Gasteiger partial charge in [-0.3, -0.25) is 0 Å². The zero-order valence-electron chi connectivity index (χ0n) is 7.36. The van der Waals surface area contributed by atoms with Crippen LogP contribution in [0.15, 0.2) is 0 Å². The molecule has 0 amide bonds. The van der Waals surface area contributed by atoms with Crippen LogP contribution in [0.5, 0.6) is 0 Å².